The zero-order valence-electron chi connectivity index (χ0n) is 10.1. The molecule has 1 aromatic carbocycles. The number of anilines is 1. The van der Waals surface area contributed by atoms with Crippen LogP contribution in [0.1, 0.15) is 11.1 Å². The van der Waals surface area contributed by atoms with E-state index in [1.165, 1.54) is 11.6 Å². The van der Waals surface area contributed by atoms with Crippen LogP contribution in [0.3, 0.4) is 0 Å². The van der Waals surface area contributed by atoms with Crippen molar-refractivity contribution in [2.75, 3.05) is 11.9 Å². The maximum Gasteiger partial charge on any atom is 0.139 e. The highest BCUT2D eigenvalue weighted by atomic mass is 79.9. The summed E-state index contributed by atoms with van der Waals surface area (Å²) in [5.74, 6) is -0.246. The smallest absolute Gasteiger partial charge is 0.139 e. The lowest BCUT2D eigenvalue weighted by atomic mass is 10.1. The van der Waals surface area contributed by atoms with Crippen LogP contribution in [0.4, 0.5) is 10.1 Å². The zero-order chi connectivity index (χ0) is 13.0. The van der Waals surface area contributed by atoms with Crippen LogP contribution < -0.4 is 5.32 Å². The summed E-state index contributed by atoms with van der Waals surface area (Å²) >= 11 is 3.17. The number of nitrogens with one attached hydrogen (secondary N) is 1. The Bertz CT molecular complexity index is 529. The summed E-state index contributed by atoms with van der Waals surface area (Å²) in [6, 6.07) is 7.24. The standard InChI is InChI=1S/C14H14BrFN2/c1-10-7-12(15)13(16)8-14(10)18-6-4-11-3-2-5-17-9-11/h2-3,5,7-9,18H,4,6H2,1H3. The molecule has 1 aromatic heterocycles. The highest BCUT2D eigenvalue weighted by Crippen LogP contribution is 2.23. The molecule has 0 radical (unpaired) electrons. The van der Waals surface area contributed by atoms with Crippen LogP contribution in [-0.4, -0.2) is 11.5 Å². The average Bonchev–Trinajstić information content (AvgIpc) is 2.37. The maximum absolute atomic E-state index is 13.4. The van der Waals surface area contributed by atoms with Crippen LogP contribution in [-0.2, 0) is 6.42 Å². The molecule has 1 heterocycles. The SMILES string of the molecule is Cc1cc(Br)c(F)cc1NCCc1cccnc1. The molecule has 0 unspecified atom stereocenters. The van der Waals surface area contributed by atoms with Gasteiger partial charge in [-0.2, -0.15) is 0 Å². The number of pyridine rings is 1. The summed E-state index contributed by atoms with van der Waals surface area (Å²) in [4.78, 5) is 4.06. The minimum atomic E-state index is -0.246. The van der Waals surface area contributed by atoms with Gasteiger partial charge in [-0.25, -0.2) is 4.39 Å². The first-order valence-corrected chi connectivity index (χ1v) is 6.54. The van der Waals surface area contributed by atoms with E-state index >= 15 is 0 Å². The van der Waals surface area contributed by atoms with E-state index in [0.717, 1.165) is 24.2 Å². The minimum Gasteiger partial charge on any atom is -0.384 e. The quantitative estimate of drug-likeness (QED) is 0.925. The van der Waals surface area contributed by atoms with Gasteiger partial charge in [0.2, 0.25) is 0 Å². The second-order valence-corrected chi connectivity index (χ2v) is 4.97. The molecule has 0 amide bonds. The summed E-state index contributed by atoms with van der Waals surface area (Å²) in [6.45, 7) is 2.71. The number of aryl methyl sites for hydroxylation is 1. The van der Waals surface area contributed by atoms with Crippen molar-refractivity contribution in [1.82, 2.24) is 4.98 Å². The van der Waals surface area contributed by atoms with E-state index < -0.39 is 0 Å². The Labute approximate surface area is 114 Å². The van der Waals surface area contributed by atoms with Crippen LogP contribution in [0.5, 0.6) is 0 Å². The van der Waals surface area contributed by atoms with Gasteiger partial charge in [0.1, 0.15) is 5.82 Å². The summed E-state index contributed by atoms with van der Waals surface area (Å²) < 4.78 is 13.9. The fourth-order valence-corrected chi connectivity index (χ4v) is 2.18. The largest absolute Gasteiger partial charge is 0.384 e. The molecule has 2 aromatic rings. The Morgan fingerprint density at radius 2 is 2.22 bits per heavy atom. The van der Waals surface area contributed by atoms with Crippen molar-refractivity contribution in [3.05, 3.63) is 58.1 Å². The number of aromatic nitrogens is 1. The topological polar surface area (TPSA) is 24.9 Å². The molecule has 0 saturated carbocycles. The molecule has 0 aliphatic rings. The summed E-state index contributed by atoms with van der Waals surface area (Å²) in [5, 5.41) is 3.24. The molecule has 2 rings (SSSR count). The van der Waals surface area contributed by atoms with E-state index in [0.29, 0.717) is 4.47 Å². The van der Waals surface area contributed by atoms with E-state index in [1.807, 2.05) is 25.3 Å². The van der Waals surface area contributed by atoms with Crippen molar-refractivity contribution in [3.63, 3.8) is 0 Å². The van der Waals surface area contributed by atoms with Gasteiger partial charge in [-0.15, -0.1) is 0 Å². The third kappa shape index (κ3) is 3.29. The van der Waals surface area contributed by atoms with Gasteiger partial charge in [-0.05, 0) is 58.6 Å². The molecule has 0 saturated heterocycles. The lowest BCUT2D eigenvalue weighted by molar-refractivity contribution is 0.621. The molecule has 0 spiro atoms. The van der Waals surface area contributed by atoms with E-state index in [4.69, 9.17) is 0 Å². The number of benzene rings is 1. The molecular weight excluding hydrogens is 295 g/mol. The molecule has 0 bridgehead atoms. The Hall–Kier alpha value is -1.42. The lowest BCUT2D eigenvalue weighted by Gasteiger charge is -2.10. The predicted molar refractivity (Wildman–Crippen MR) is 75.3 cm³/mol. The number of hydrogen-bond acceptors (Lipinski definition) is 2. The van der Waals surface area contributed by atoms with Crippen molar-refractivity contribution in [3.8, 4) is 0 Å². The Morgan fingerprint density at radius 3 is 2.94 bits per heavy atom. The van der Waals surface area contributed by atoms with Crippen molar-refractivity contribution in [2.45, 2.75) is 13.3 Å². The highest BCUT2D eigenvalue weighted by molar-refractivity contribution is 9.10. The van der Waals surface area contributed by atoms with Crippen molar-refractivity contribution >= 4 is 21.6 Å². The fraction of sp³-hybridized carbons (Fsp3) is 0.214. The first kappa shape index (κ1) is 13.0. The second kappa shape index (κ2) is 5.96. The van der Waals surface area contributed by atoms with Gasteiger partial charge in [-0.1, -0.05) is 6.07 Å². The Morgan fingerprint density at radius 1 is 1.39 bits per heavy atom. The van der Waals surface area contributed by atoms with E-state index in [-0.39, 0.29) is 5.82 Å². The average molecular weight is 309 g/mol. The van der Waals surface area contributed by atoms with Crippen LogP contribution in [0.2, 0.25) is 0 Å². The molecule has 0 aliphatic carbocycles. The normalized spacial score (nSPS) is 10.4. The van der Waals surface area contributed by atoms with Gasteiger partial charge in [0.15, 0.2) is 0 Å². The van der Waals surface area contributed by atoms with E-state index in [1.54, 1.807) is 12.3 Å². The molecule has 18 heavy (non-hydrogen) atoms. The first-order valence-electron chi connectivity index (χ1n) is 5.75. The predicted octanol–water partition coefficient (Wildman–Crippen LogP) is 3.95. The highest BCUT2D eigenvalue weighted by Gasteiger charge is 2.04. The second-order valence-electron chi connectivity index (χ2n) is 4.12. The van der Waals surface area contributed by atoms with Gasteiger partial charge in [0, 0.05) is 24.6 Å². The molecule has 0 aliphatic heterocycles. The zero-order valence-corrected chi connectivity index (χ0v) is 11.7. The van der Waals surface area contributed by atoms with Gasteiger partial charge in [0.25, 0.3) is 0 Å². The lowest BCUT2D eigenvalue weighted by Crippen LogP contribution is -2.06. The van der Waals surface area contributed by atoms with Crippen LogP contribution in [0.15, 0.2) is 41.1 Å². The third-order valence-electron chi connectivity index (χ3n) is 2.72. The molecule has 0 atom stereocenters. The van der Waals surface area contributed by atoms with Crippen molar-refractivity contribution < 1.29 is 4.39 Å². The van der Waals surface area contributed by atoms with Gasteiger partial charge < -0.3 is 5.32 Å². The summed E-state index contributed by atoms with van der Waals surface area (Å²) in [6.07, 6.45) is 4.47. The number of nitrogens with zero attached hydrogens (tertiary/aromatic N) is 1. The number of rotatable bonds is 4. The molecular formula is C14H14BrFN2. The van der Waals surface area contributed by atoms with Crippen molar-refractivity contribution in [1.29, 1.82) is 0 Å². The van der Waals surface area contributed by atoms with Gasteiger partial charge in [-0.3, -0.25) is 4.98 Å². The molecule has 94 valence electrons. The minimum absolute atomic E-state index is 0.246. The monoisotopic (exact) mass is 308 g/mol. The fourth-order valence-electron chi connectivity index (χ4n) is 1.72. The van der Waals surface area contributed by atoms with Crippen LogP contribution in [0, 0.1) is 12.7 Å². The summed E-state index contributed by atoms with van der Waals surface area (Å²) in [5.41, 5.74) is 3.02. The molecule has 0 fully saturated rings. The van der Waals surface area contributed by atoms with Crippen LogP contribution >= 0.6 is 15.9 Å². The number of halogens is 2. The third-order valence-corrected chi connectivity index (χ3v) is 3.33. The van der Waals surface area contributed by atoms with E-state index in [9.17, 15) is 4.39 Å². The molecule has 4 heteroatoms. The van der Waals surface area contributed by atoms with Crippen molar-refractivity contribution in [2.24, 2.45) is 0 Å². The Balaban J connectivity index is 1.97. The van der Waals surface area contributed by atoms with Crippen LogP contribution in [0.25, 0.3) is 0 Å². The van der Waals surface area contributed by atoms with Gasteiger partial charge >= 0.3 is 0 Å². The summed E-state index contributed by atoms with van der Waals surface area (Å²) in [7, 11) is 0. The maximum atomic E-state index is 13.4. The Kier molecular flexibility index (Phi) is 4.31. The van der Waals surface area contributed by atoms with E-state index in [2.05, 4.69) is 26.2 Å². The molecule has 2 nitrogen and oxygen atoms in total. The molecule has 1 N–H and O–H groups in total. The number of hydrogen-bond donors (Lipinski definition) is 1. The van der Waals surface area contributed by atoms with Gasteiger partial charge in [0.05, 0.1) is 4.47 Å². The first-order chi connectivity index (χ1) is 8.66.